The number of nitrogens with one attached hydrogen (secondary N) is 1. The summed E-state index contributed by atoms with van der Waals surface area (Å²) in [6.45, 7) is 2.33. The minimum atomic E-state index is -3.03. The maximum absolute atomic E-state index is 15.3. The van der Waals surface area contributed by atoms with Crippen molar-refractivity contribution in [1.82, 2.24) is 9.55 Å². The number of hydrogen-bond acceptors (Lipinski definition) is 8. The smallest absolute Gasteiger partial charge is 0.330 e. The van der Waals surface area contributed by atoms with Gasteiger partial charge in [-0.1, -0.05) is 30.9 Å². The Morgan fingerprint density at radius 3 is 2.67 bits per heavy atom. The second-order valence-corrected chi connectivity index (χ2v) is 7.85. The first-order chi connectivity index (χ1) is 14.2. The standard InChI is InChI=1S/C18H20FN2O8P/c1-2-17(25)14(23)18(19,29-15(17)21-9-8-13(22)20-16(21)24)10-28-30(26)11-27-12-6-4-3-5-7-12/h2-9,14-15,23,25,30H,1,10-11H2,(H,20,22,24)/t14-,15+,17+,18+/m0/s1. The van der Waals surface area contributed by atoms with Gasteiger partial charge in [-0.2, -0.15) is 0 Å². The Kier molecular flexibility index (Phi) is 6.39. The maximum atomic E-state index is 15.3. The monoisotopic (exact) mass is 442 g/mol. The van der Waals surface area contributed by atoms with Gasteiger partial charge < -0.3 is 24.2 Å². The molecule has 3 rings (SSSR count). The normalized spacial score (nSPS) is 29.4. The third-order valence-electron chi connectivity index (χ3n) is 4.51. The van der Waals surface area contributed by atoms with Crippen molar-refractivity contribution < 1.29 is 33.2 Å². The van der Waals surface area contributed by atoms with Crippen molar-refractivity contribution in [2.24, 2.45) is 0 Å². The van der Waals surface area contributed by atoms with E-state index in [9.17, 15) is 24.4 Å². The second kappa shape index (κ2) is 8.66. The van der Waals surface area contributed by atoms with Gasteiger partial charge in [-0.3, -0.25) is 18.9 Å². The van der Waals surface area contributed by atoms with Crippen LogP contribution < -0.4 is 16.0 Å². The van der Waals surface area contributed by atoms with Gasteiger partial charge in [0.2, 0.25) is 8.03 Å². The third-order valence-corrected chi connectivity index (χ3v) is 5.36. The Morgan fingerprint density at radius 1 is 1.33 bits per heavy atom. The molecular formula is C18H20FN2O8P. The van der Waals surface area contributed by atoms with Gasteiger partial charge in [0.25, 0.3) is 11.4 Å². The summed E-state index contributed by atoms with van der Waals surface area (Å²) in [6.07, 6.45) is -2.59. The SMILES string of the molecule is C=C[C@]1(O)[C@H](n2ccc(=O)[nH]c2=O)O[C@](F)(CO[PH](=O)COc2ccccc2)[C@H]1O. The fraction of sp³-hybridized carbons (Fsp3) is 0.333. The minimum Gasteiger partial charge on any atom is -0.484 e. The first-order valence-electron chi connectivity index (χ1n) is 8.75. The molecule has 2 aromatic rings. The lowest BCUT2D eigenvalue weighted by Gasteiger charge is -2.28. The summed E-state index contributed by atoms with van der Waals surface area (Å²) in [7, 11) is -2.90. The summed E-state index contributed by atoms with van der Waals surface area (Å²) in [6, 6.07) is 9.40. The Morgan fingerprint density at radius 2 is 2.03 bits per heavy atom. The highest BCUT2D eigenvalue weighted by Crippen LogP contribution is 2.46. The second-order valence-electron chi connectivity index (χ2n) is 6.53. The average Bonchev–Trinajstić information content (AvgIpc) is 2.93. The van der Waals surface area contributed by atoms with E-state index in [2.05, 4.69) is 6.58 Å². The van der Waals surface area contributed by atoms with E-state index < -0.39 is 49.7 Å². The van der Waals surface area contributed by atoms with Gasteiger partial charge in [0.15, 0.2) is 24.3 Å². The number of aromatic amines is 1. The van der Waals surface area contributed by atoms with E-state index >= 15 is 4.39 Å². The highest BCUT2D eigenvalue weighted by atomic mass is 31.1. The third kappa shape index (κ3) is 4.30. The average molecular weight is 442 g/mol. The van der Waals surface area contributed by atoms with Crippen molar-refractivity contribution in [1.29, 1.82) is 0 Å². The number of nitrogens with zero attached hydrogens (tertiary/aromatic N) is 1. The number of hydrogen-bond donors (Lipinski definition) is 3. The zero-order valence-electron chi connectivity index (χ0n) is 15.6. The molecule has 0 radical (unpaired) electrons. The van der Waals surface area contributed by atoms with Crippen LogP contribution in [-0.4, -0.2) is 50.3 Å². The molecule has 0 amide bonds. The molecule has 0 saturated carbocycles. The summed E-state index contributed by atoms with van der Waals surface area (Å²) >= 11 is 0. The predicted octanol–water partition coefficient (Wildman–Crippen LogP) is 0.537. The number of halogens is 1. The number of aliphatic hydroxyl groups is 2. The Labute approximate surface area is 170 Å². The fourth-order valence-corrected chi connectivity index (χ4v) is 3.65. The van der Waals surface area contributed by atoms with Gasteiger partial charge in [-0.15, -0.1) is 0 Å². The molecule has 3 N–H and O–H groups in total. The van der Waals surface area contributed by atoms with Crippen molar-refractivity contribution >= 4 is 8.03 Å². The van der Waals surface area contributed by atoms with Crippen LogP contribution in [0.2, 0.25) is 0 Å². The zero-order valence-corrected chi connectivity index (χ0v) is 16.6. The molecule has 1 aliphatic heterocycles. The summed E-state index contributed by atoms with van der Waals surface area (Å²) in [5, 5.41) is 21.0. The number of para-hydroxylation sites is 1. The van der Waals surface area contributed by atoms with Gasteiger partial charge in [0, 0.05) is 12.3 Å². The van der Waals surface area contributed by atoms with Gasteiger partial charge in [0.1, 0.15) is 12.4 Å². The highest BCUT2D eigenvalue weighted by Gasteiger charge is 2.64. The molecule has 5 atom stereocenters. The number of benzene rings is 1. The van der Waals surface area contributed by atoms with Crippen LogP contribution in [-0.2, 0) is 13.8 Å². The number of ether oxygens (including phenoxy) is 2. The van der Waals surface area contributed by atoms with Crippen molar-refractivity contribution in [2.75, 3.05) is 13.0 Å². The van der Waals surface area contributed by atoms with Crippen LogP contribution in [0.25, 0.3) is 0 Å². The van der Waals surface area contributed by atoms with E-state index in [0.717, 1.165) is 18.3 Å². The summed E-state index contributed by atoms with van der Waals surface area (Å²) in [5.74, 6) is -2.60. The van der Waals surface area contributed by atoms with Gasteiger partial charge in [-0.25, -0.2) is 9.18 Å². The number of alkyl halides is 1. The van der Waals surface area contributed by atoms with Crippen molar-refractivity contribution in [2.45, 2.75) is 23.8 Å². The van der Waals surface area contributed by atoms with E-state index in [-0.39, 0.29) is 6.35 Å². The molecule has 0 aliphatic carbocycles. The quantitative estimate of drug-likeness (QED) is 0.398. The molecule has 30 heavy (non-hydrogen) atoms. The number of aliphatic hydroxyl groups excluding tert-OH is 1. The van der Waals surface area contributed by atoms with Crippen LogP contribution in [0.3, 0.4) is 0 Å². The molecule has 1 aliphatic rings. The van der Waals surface area contributed by atoms with Gasteiger partial charge in [0.05, 0.1) is 0 Å². The summed E-state index contributed by atoms with van der Waals surface area (Å²) in [4.78, 5) is 25.2. The van der Waals surface area contributed by atoms with Crippen LogP contribution in [0, 0.1) is 0 Å². The number of rotatable bonds is 8. The molecule has 1 aromatic carbocycles. The largest absolute Gasteiger partial charge is 0.484 e. The molecule has 0 bridgehead atoms. The fourth-order valence-electron chi connectivity index (χ4n) is 2.92. The maximum Gasteiger partial charge on any atom is 0.330 e. The van der Waals surface area contributed by atoms with E-state index in [1.54, 1.807) is 30.3 Å². The molecule has 1 unspecified atom stereocenters. The Hall–Kier alpha value is -2.56. The Bertz CT molecular complexity index is 1040. The number of aromatic nitrogens is 2. The van der Waals surface area contributed by atoms with Crippen molar-refractivity contribution in [3.63, 3.8) is 0 Å². The highest BCUT2D eigenvalue weighted by molar-refractivity contribution is 7.38. The molecule has 0 spiro atoms. The minimum absolute atomic E-state index is 0.352. The summed E-state index contributed by atoms with van der Waals surface area (Å²) < 4.78 is 43.4. The van der Waals surface area contributed by atoms with Crippen LogP contribution in [0.5, 0.6) is 5.75 Å². The van der Waals surface area contributed by atoms with Crippen LogP contribution in [0.1, 0.15) is 6.23 Å². The molecule has 12 heteroatoms. The van der Waals surface area contributed by atoms with Crippen LogP contribution in [0.4, 0.5) is 4.39 Å². The molecule has 10 nitrogen and oxygen atoms in total. The van der Waals surface area contributed by atoms with Gasteiger partial charge in [-0.05, 0) is 12.1 Å². The zero-order chi connectivity index (χ0) is 21.9. The summed E-state index contributed by atoms with van der Waals surface area (Å²) in [5.41, 5.74) is -4.17. The van der Waals surface area contributed by atoms with E-state index in [1.165, 1.54) is 0 Å². The topological polar surface area (TPSA) is 140 Å². The van der Waals surface area contributed by atoms with E-state index in [0.29, 0.717) is 10.3 Å². The lowest BCUT2D eigenvalue weighted by atomic mass is 9.93. The molecule has 1 aromatic heterocycles. The molecule has 162 valence electrons. The first-order valence-corrected chi connectivity index (χ1v) is 10.3. The molecular weight excluding hydrogens is 422 g/mol. The molecule has 1 fully saturated rings. The molecule has 1 saturated heterocycles. The van der Waals surface area contributed by atoms with E-state index in [4.69, 9.17) is 14.0 Å². The number of H-pyrrole nitrogens is 1. The lowest BCUT2D eigenvalue weighted by Crippen LogP contribution is -2.50. The Balaban J connectivity index is 1.73. The van der Waals surface area contributed by atoms with Crippen LogP contribution in [0.15, 0.2) is 64.8 Å². The van der Waals surface area contributed by atoms with Crippen molar-refractivity contribution in [3.8, 4) is 5.75 Å². The van der Waals surface area contributed by atoms with Crippen LogP contribution >= 0.6 is 8.03 Å². The molecule has 2 heterocycles. The van der Waals surface area contributed by atoms with Crippen molar-refractivity contribution in [3.05, 3.63) is 76.1 Å². The first kappa shape index (κ1) is 22.1. The predicted molar refractivity (Wildman–Crippen MR) is 103 cm³/mol. The van der Waals surface area contributed by atoms with Gasteiger partial charge >= 0.3 is 5.69 Å². The lowest BCUT2D eigenvalue weighted by molar-refractivity contribution is -0.202. The van der Waals surface area contributed by atoms with E-state index in [1.807, 2.05) is 4.98 Å².